The summed E-state index contributed by atoms with van der Waals surface area (Å²) in [5, 5.41) is 2.18. The molecule has 1 aromatic heterocycles. The van der Waals surface area contributed by atoms with Gasteiger partial charge in [-0.15, -0.1) is 0 Å². The molecule has 0 saturated carbocycles. The monoisotopic (exact) mass is 521 g/mol. The van der Waals surface area contributed by atoms with E-state index in [0.717, 1.165) is 22.0 Å². The standard InChI is InChI=1S/C24H29F2N5O4S/c1-5-30(15-22(32)28-24-17(25)8-7-9-18(24)26)23(33)13-12-21-27-19-14-16(36(34,35)29(3)4)10-11-20(19)31(21)6-2/h7-11,14H,5-6,12-13,15H2,1-4H3,(H,28,32). The third kappa shape index (κ3) is 5.71. The smallest absolute Gasteiger partial charge is 0.244 e. The lowest BCUT2D eigenvalue weighted by Crippen LogP contribution is -2.38. The van der Waals surface area contributed by atoms with Gasteiger partial charge in [-0.25, -0.2) is 26.5 Å². The summed E-state index contributed by atoms with van der Waals surface area (Å²) in [6.07, 6.45) is 0.304. The van der Waals surface area contributed by atoms with Crippen LogP contribution in [0.25, 0.3) is 11.0 Å². The summed E-state index contributed by atoms with van der Waals surface area (Å²) in [6, 6.07) is 7.97. The summed E-state index contributed by atoms with van der Waals surface area (Å²) < 4.78 is 55.6. The number of nitrogens with one attached hydrogen (secondary N) is 1. The van der Waals surface area contributed by atoms with E-state index in [9.17, 15) is 26.8 Å². The van der Waals surface area contributed by atoms with E-state index in [1.165, 1.54) is 37.2 Å². The van der Waals surface area contributed by atoms with Crippen molar-refractivity contribution in [3.8, 4) is 0 Å². The molecule has 0 atom stereocenters. The molecule has 0 spiro atoms. The number of carbonyl (C=O) groups excluding carboxylic acids is 2. The number of hydrogen-bond acceptors (Lipinski definition) is 5. The quantitative estimate of drug-likeness (QED) is 0.442. The van der Waals surface area contributed by atoms with Gasteiger partial charge in [-0.1, -0.05) is 6.07 Å². The number of nitrogens with zero attached hydrogens (tertiary/aromatic N) is 4. The summed E-state index contributed by atoms with van der Waals surface area (Å²) in [6.45, 7) is 4.04. The zero-order chi connectivity index (χ0) is 26.6. The van der Waals surface area contributed by atoms with Crippen molar-refractivity contribution in [3.63, 3.8) is 0 Å². The number of para-hydroxylation sites is 1. The Bertz CT molecular complexity index is 1370. The molecule has 0 radical (unpaired) electrons. The highest BCUT2D eigenvalue weighted by Gasteiger charge is 2.21. The fraction of sp³-hybridized carbons (Fsp3) is 0.375. The number of anilines is 1. The number of imidazole rings is 1. The molecule has 0 bridgehead atoms. The van der Waals surface area contributed by atoms with E-state index in [1.807, 2.05) is 11.5 Å². The number of aromatic nitrogens is 2. The van der Waals surface area contributed by atoms with Gasteiger partial charge in [0.25, 0.3) is 0 Å². The van der Waals surface area contributed by atoms with Crippen molar-refractivity contribution in [3.05, 3.63) is 53.9 Å². The van der Waals surface area contributed by atoms with Crippen molar-refractivity contribution in [1.82, 2.24) is 18.8 Å². The molecule has 0 aliphatic heterocycles. The van der Waals surface area contributed by atoms with Crippen LogP contribution >= 0.6 is 0 Å². The van der Waals surface area contributed by atoms with Gasteiger partial charge in [-0.2, -0.15) is 0 Å². The van der Waals surface area contributed by atoms with Gasteiger partial charge >= 0.3 is 0 Å². The highest BCUT2D eigenvalue weighted by atomic mass is 32.2. The fourth-order valence-electron chi connectivity index (χ4n) is 3.80. The second kappa shape index (κ2) is 11.1. The van der Waals surface area contributed by atoms with Crippen LogP contribution in [0.3, 0.4) is 0 Å². The second-order valence-electron chi connectivity index (χ2n) is 8.26. The lowest BCUT2D eigenvalue weighted by molar-refractivity contribution is -0.134. The lowest BCUT2D eigenvalue weighted by Gasteiger charge is -2.20. The van der Waals surface area contributed by atoms with Gasteiger partial charge in [0.05, 0.1) is 22.5 Å². The van der Waals surface area contributed by atoms with Crippen LogP contribution in [0.2, 0.25) is 0 Å². The van der Waals surface area contributed by atoms with Crippen molar-refractivity contribution in [2.75, 3.05) is 32.5 Å². The van der Waals surface area contributed by atoms with Gasteiger partial charge in [0.2, 0.25) is 21.8 Å². The number of rotatable bonds is 10. The second-order valence-corrected chi connectivity index (χ2v) is 10.4. The molecule has 0 saturated heterocycles. The molecule has 0 aliphatic carbocycles. The van der Waals surface area contributed by atoms with Gasteiger partial charge in [-0.3, -0.25) is 9.59 Å². The molecule has 9 nitrogen and oxygen atoms in total. The van der Waals surface area contributed by atoms with Crippen LogP contribution in [0.1, 0.15) is 26.1 Å². The zero-order valence-electron chi connectivity index (χ0n) is 20.6. The fourth-order valence-corrected chi connectivity index (χ4v) is 4.72. The largest absolute Gasteiger partial charge is 0.334 e. The van der Waals surface area contributed by atoms with Crippen molar-refractivity contribution < 1.29 is 26.8 Å². The van der Waals surface area contributed by atoms with Gasteiger partial charge in [0.15, 0.2) is 0 Å². The number of fused-ring (bicyclic) bond motifs is 1. The number of sulfonamides is 1. The van der Waals surface area contributed by atoms with Crippen LogP contribution in [0.15, 0.2) is 41.3 Å². The lowest BCUT2D eigenvalue weighted by atomic mass is 10.2. The Kier molecular flexibility index (Phi) is 8.41. The topological polar surface area (TPSA) is 105 Å². The summed E-state index contributed by atoms with van der Waals surface area (Å²) in [5.41, 5.74) is 0.690. The first-order chi connectivity index (χ1) is 17.0. The molecule has 12 heteroatoms. The summed E-state index contributed by atoms with van der Waals surface area (Å²) in [7, 11) is -0.716. The van der Waals surface area contributed by atoms with E-state index in [-0.39, 0.29) is 36.7 Å². The first kappa shape index (κ1) is 27.2. The minimum atomic E-state index is -3.62. The van der Waals surface area contributed by atoms with E-state index >= 15 is 0 Å². The van der Waals surface area contributed by atoms with Crippen LogP contribution in [0.4, 0.5) is 14.5 Å². The van der Waals surface area contributed by atoms with Crippen molar-refractivity contribution in [2.45, 2.75) is 38.1 Å². The van der Waals surface area contributed by atoms with Gasteiger partial charge < -0.3 is 14.8 Å². The SMILES string of the molecule is CCN(CC(=O)Nc1c(F)cccc1F)C(=O)CCc1nc2cc(S(=O)(=O)N(C)C)ccc2n1CC. The number of aryl methyl sites for hydroxylation is 2. The molecular weight excluding hydrogens is 492 g/mol. The Morgan fingerprint density at radius 1 is 1.08 bits per heavy atom. The van der Waals surface area contributed by atoms with Crippen LogP contribution in [-0.4, -0.2) is 66.2 Å². The average molecular weight is 522 g/mol. The maximum Gasteiger partial charge on any atom is 0.244 e. The molecule has 0 unspecified atom stereocenters. The van der Waals surface area contributed by atoms with Gasteiger partial charge in [0, 0.05) is 40.0 Å². The molecular formula is C24H29F2N5O4S. The maximum atomic E-state index is 13.8. The van der Waals surface area contributed by atoms with E-state index in [0.29, 0.717) is 17.9 Å². The summed E-state index contributed by atoms with van der Waals surface area (Å²) >= 11 is 0. The number of likely N-dealkylation sites (N-methyl/N-ethyl adjacent to an activating group) is 1. The van der Waals surface area contributed by atoms with E-state index in [2.05, 4.69) is 10.3 Å². The molecule has 2 amide bonds. The number of hydrogen-bond donors (Lipinski definition) is 1. The number of carbonyl (C=O) groups is 2. The summed E-state index contributed by atoms with van der Waals surface area (Å²) in [4.78, 5) is 31.1. The zero-order valence-corrected chi connectivity index (χ0v) is 21.4. The van der Waals surface area contributed by atoms with Crippen LogP contribution in [0.5, 0.6) is 0 Å². The van der Waals surface area contributed by atoms with Crippen molar-refractivity contribution in [2.24, 2.45) is 0 Å². The molecule has 36 heavy (non-hydrogen) atoms. The number of benzene rings is 2. The Hall–Kier alpha value is -3.38. The maximum absolute atomic E-state index is 13.8. The van der Waals surface area contributed by atoms with E-state index in [1.54, 1.807) is 13.0 Å². The predicted molar refractivity (Wildman–Crippen MR) is 132 cm³/mol. The third-order valence-corrected chi connectivity index (χ3v) is 7.56. The molecule has 1 heterocycles. The number of halogens is 2. The first-order valence-corrected chi connectivity index (χ1v) is 12.9. The molecule has 2 aromatic carbocycles. The highest BCUT2D eigenvalue weighted by molar-refractivity contribution is 7.89. The Morgan fingerprint density at radius 3 is 2.33 bits per heavy atom. The Labute approximate surface area is 208 Å². The van der Waals surface area contributed by atoms with Gasteiger partial charge in [0.1, 0.15) is 23.1 Å². The van der Waals surface area contributed by atoms with Crippen LogP contribution in [-0.2, 0) is 32.6 Å². The molecule has 194 valence electrons. The van der Waals surface area contributed by atoms with Crippen molar-refractivity contribution in [1.29, 1.82) is 0 Å². The van der Waals surface area contributed by atoms with Crippen molar-refractivity contribution >= 4 is 38.6 Å². The first-order valence-electron chi connectivity index (χ1n) is 11.4. The average Bonchev–Trinajstić information content (AvgIpc) is 3.19. The summed E-state index contributed by atoms with van der Waals surface area (Å²) in [5.74, 6) is -2.25. The molecule has 3 aromatic rings. The normalized spacial score (nSPS) is 11.8. The van der Waals surface area contributed by atoms with Crippen LogP contribution in [0, 0.1) is 11.6 Å². The molecule has 1 N–H and O–H groups in total. The van der Waals surface area contributed by atoms with E-state index in [4.69, 9.17) is 0 Å². The Balaban J connectivity index is 1.72. The number of amides is 2. The molecule has 0 aliphatic rings. The molecule has 0 fully saturated rings. The van der Waals surface area contributed by atoms with Gasteiger partial charge in [-0.05, 0) is 44.2 Å². The molecule has 3 rings (SSSR count). The minimum absolute atomic E-state index is 0.0430. The highest BCUT2D eigenvalue weighted by Crippen LogP contribution is 2.23. The van der Waals surface area contributed by atoms with Crippen LogP contribution < -0.4 is 5.32 Å². The third-order valence-electron chi connectivity index (χ3n) is 5.75. The predicted octanol–water partition coefficient (Wildman–Crippen LogP) is 3.00. The Morgan fingerprint density at radius 2 is 1.75 bits per heavy atom. The minimum Gasteiger partial charge on any atom is -0.334 e. The van der Waals surface area contributed by atoms with E-state index < -0.39 is 33.3 Å².